The van der Waals surface area contributed by atoms with Crippen LogP contribution in [0.4, 0.5) is 0 Å². The molecule has 0 bridgehead atoms. The van der Waals surface area contributed by atoms with Crippen molar-refractivity contribution in [1.29, 1.82) is 0 Å². The zero-order chi connectivity index (χ0) is 16.7. The van der Waals surface area contributed by atoms with Crippen LogP contribution in [0.3, 0.4) is 0 Å². The maximum atomic E-state index is 10.9. The number of ether oxygens (including phenoxy) is 1. The van der Waals surface area contributed by atoms with E-state index in [1.165, 1.54) is 25.7 Å². The summed E-state index contributed by atoms with van der Waals surface area (Å²) in [4.78, 5) is 33.6. The Kier molecular flexibility index (Phi) is 6.81. The first-order valence-corrected chi connectivity index (χ1v) is 8.81. The first-order chi connectivity index (χ1) is 11.1. The van der Waals surface area contributed by atoms with Crippen molar-refractivity contribution in [3.05, 3.63) is 12.2 Å². The molecule has 0 saturated heterocycles. The van der Waals surface area contributed by atoms with Crippen LogP contribution in [-0.4, -0.2) is 35.8 Å². The molecule has 0 radical (unpaired) electrons. The minimum Gasteiger partial charge on any atom is -0.465 e. The zero-order valence-corrected chi connectivity index (χ0v) is 14.0. The summed E-state index contributed by atoms with van der Waals surface area (Å²) in [6.07, 6.45) is 14.6. The normalized spacial score (nSPS) is 26.4. The number of fused-ring (bicyclic) bond motifs is 1. The molecule has 1 aliphatic heterocycles. The topological polar surface area (TPSA) is 63.7 Å². The Morgan fingerprint density at radius 2 is 1.43 bits per heavy atom. The number of imide groups is 1. The Bertz CT molecular complexity index is 428. The molecule has 23 heavy (non-hydrogen) atoms. The summed E-state index contributed by atoms with van der Waals surface area (Å²) in [5.74, 6) is 0.786. The molecule has 3 aliphatic rings. The molecule has 2 aliphatic carbocycles. The van der Waals surface area contributed by atoms with Gasteiger partial charge in [-0.2, -0.15) is 0 Å². The number of hydrogen-bond acceptors (Lipinski definition) is 4. The molecule has 0 atom stereocenters. The van der Waals surface area contributed by atoms with Gasteiger partial charge in [0.25, 0.3) is 11.8 Å². The molecule has 5 nitrogen and oxygen atoms in total. The molecule has 1 heterocycles. The van der Waals surface area contributed by atoms with E-state index in [9.17, 15) is 14.4 Å². The van der Waals surface area contributed by atoms with Crippen LogP contribution in [0, 0.1) is 11.8 Å². The molecule has 0 spiro atoms. The van der Waals surface area contributed by atoms with Gasteiger partial charge in [0.15, 0.2) is 0 Å². The van der Waals surface area contributed by atoms with Crippen LogP contribution in [0.15, 0.2) is 12.2 Å². The molecule has 3 rings (SSSR count). The van der Waals surface area contributed by atoms with Crippen molar-refractivity contribution < 1.29 is 19.1 Å². The SMILES string of the molecule is C1CCC2CCCCC2C1.CCOC(=O)CN1C(=O)C=CC1=O. The fourth-order valence-corrected chi connectivity index (χ4v) is 3.78. The first kappa shape index (κ1) is 17.7. The summed E-state index contributed by atoms with van der Waals surface area (Å²) in [5, 5.41) is 0. The van der Waals surface area contributed by atoms with Gasteiger partial charge in [0.2, 0.25) is 0 Å². The number of nitrogens with zero attached hydrogens (tertiary/aromatic N) is 1. The maximum Gasteiger partial charge on any atom is 0.326 e. The summed E-state index contributed by atoms with van der Waals surface area (Å²) < 4.78 is 4.59. The highest BCUT2D eigenvalue weighted by atomic mass is 16.5. The molecule has 5 heteroatoms. The molecule has 2 saturated carbocycles. The van der Waals surface area contributed by atoms with E-state index in [1.807, 2.05) is 0 Å². The van der Waals surface area contributed by atoms with Gasteiger partial charge in [0, 0.05) is 12.2 Å². The summed E-state index contributed by atoms with van der Waals surface area (Å²) in [7, 11) is 0. The van der Waals surface area contributed by atoms with Crippen LogP contribution in [-0.2, 0) is 19.1 Å². The molecular formula is C18H27NO4. The van der Waals surface area contributed by atoms with Crippen molar-refractivity contribution >= 4 is 17.8 Å². The molecule has 0 aromatic carbocycles. The van der Waals surface area contributed by atoms with Crippen molar-refractivity contribution in [2.75, 3.05) is 13.2 Å². The lowest BCUT2D eigenvalue weighted by Crippen LogP contribution is -2.35. The fourth-order valence-electron chi connectivity index (χ4n) is 3.78. The monoisotopic (exact) mass is 321 g/mol. The second-order valence-electron chi connectivity index (χ2n) is 6.49. The highest BCUT2D eigenvalue weighted by Gasteiger charge is 2.27. The van der Waals surface area contributed by atoms with Crippen molar-refractivity contribution in [2.24, 2.45) is 11.8 Å². The number of carbonyl (C=O) groups excluding carboxylic acids is 3. The fraction of sp³-hybridized carbons (Fsp3) is 0.722. The van der Waals surface area contributed by atoms with Crippen molar-refractivity contribution in [3.63, 3.8) is 0 Å². The minimum absolute atomic E-state index is 0.239. The van der Waals surface area contributed by atoms with Gasteiger partial charge >= 0.3 is 5.97 Å². The standard InChI is InChI=1S/C10H18.C8H9NO4/c1-2-6-10-8-4-3-7-9(10)5-1;1-2-13-8(12)5-9-6(10)3-4-7(9)11/h9-10H,1-8H2;3-4H,2,5H2,1H3. The minimum atomic E-state index is -0.576. The Balaban J connectivity index is 0.000000172. The number of rotatable bonds is 3. The molecule has 0 unspecified atom stereocenters. The van der Waals surface area contributed by atoms with E-state index >= 15 is 0 Å². The first-order valence-electron chi connectivity index (χ1n) is 8.81. The van der Waals surface area contributed by atoms with Gasteiger partial charge < -0.3 is 4.74 Å². The molecule has 0 aromatic rings. The molecule has 0 aromatic heterocycles. The second kappa shape index (κ2) is 8.85. The van der Waals surface area contributed by atoms with E-state index in [0.717, 1.165) is 28.9 Å². The smallest absolute Gasteiger partial charge is 0.326 e. The van der Waals surface area contributed by atoms with Gasteiger partial charge in [-0.05, 0) is 18.8 Å². The molecular weight excluding hydrogens is 294 g/mol. The van der Waals surface area contributed by atoms with Gasteiger partial charge in [-0.3, -0.25) is 19.3 Å². The molecule has 0 N–H and O–H groups in total. The lowest BCUT2D eigenvalue weighted by molar-refractivity contribution is -0.151. The van der Waals surface area contributed by atoms with Gasteiger partial charge in [-0.25, -0.2) is 0 Å². The van der Waals surface area contributed by atoms with Crippen LogP contribution in [0.2, 0.25) is 0 Å². The highest BCUT2D eigenvalue weighted by Crippen LogP contribution is 2.39. The van der Waals surface area contributed by atoms with Gasteiger partial charge in [0.05, 0.1) is 6.61 Å². The van der Waals surface area contributed by atoms with E-state index in [0.29, 0.717) is 0 Å². The Morgan fingerprint density at radius 1 is 1.00 bits per heavy atom. The highest BCUT2D eigenvalue weighted by molar-refractivity contribution is 6.14. The van der Waals surface area contributed by atoms with Crippen LogP contribution < -0.4 is 0 Å². The summed E-state index contributed by atoms with van der Waals surface area (Å²) in [6.45, 7) is 1.59. The van der Waals surface area contributed by atoms with Crippen molar-refractivity contribution in [1.82, 2.24) is 4.90 Å². The largest absolute Gasteiger partial charge is 0.465 e. The molecule has 2 amide bonds. The third-order valence-corrected chi connectivity index (χ3v) is 4.96. The predicted molar refractivity (Wildman–Crippen MR) is 86.4 cm³/mol. The van der Waals surface area contributed by atoms with Gasteiger partial charge in [-0.1, -0.05) is 51.4 Å². The Labute approximate surface area is 138 Å². The Morgan fingerprint density at radius 3 is 1.83 bits per heavy atom. The third kappa shape index (κ3) is 5.19. The number of esters is 1. The number of amides is 2. The van der Waals surface area contributed by atoms with Gasteiger partial charge in [-0.15, -0.1) is 0 Å². The molecule has 2 fully saturated rings. The van der Waals surface area contributed by atoms with E-state index in [2.05, 4.69) is 4.74 Å². The average Bonchev–Trinajstić information content (AvgIpc) is 2.88. The summed E-state index contributed by atoms with van der Waals surface area (Å²) in [6, 6.07) is 0. The number of carbonyl (C=O) groups is 3. The second-order valence-corrected chi connectivity index (χ2v) is 6.49. The van der Waals surface area contributed by atoms with E-state index < -0.39 is 17.8 Å². The predicted octanol–water partition coefficient (Wildman–Crippen LogP) is 2.84. The van der Waals surface area contributed by atoms with Crippen molar-refractivity contribution in [2.45, 2.75) is 58.3 Å². The summed E-state index contributed by atoms with van der Waals surface area (Å²) >= 11 is 0. The quantitative estimate of drug-likeness (QED) is 0.592. The lowest BCUT2D eigenvalue weighted by Gasteiger charge is -2.35. The van der Waals surface area contributed by atoms with Crippen LogP contribution in [0.25, 0.3) is 0 Å². The van der Waals surface area contributed by atoms with E-state index in [-0.39, 0.29) is 13.2 Å². The third-order valence-electron chi connectivity index (χ3n) is 4.96. The maximum absolute atomic E-state index is 10.9. The van der Waals surface area contributed by atoms with E-state index in [1.54, 1.807) is 32.6 Å². The molecule has 128 valence electrons. The van der Waals surface area contributed by atoms with Gasteiger partial charge in [0.1, 0.15) is 6.54 Å². The Hall–Kier alpha value is -1.65. The number of hydrogen-bond donors (Lipinski definition) is 0. The lowest BCUT2D eigenvalue weighted by atomic mass is 9.71. The van der Waals surface area contributed by atoms with Crippen LogP contribution in [0.1, 0.15) is 58.3 Å². The zero-order valence-electron chi connectivity index (χ0n) is 14.0. The van der Waals surface area contributed by atoms with Crippen molar-refractivity contribution in [3.8, 4) is 0 Å². The average molecular weight is 321 g/mol. The van der Waals surface area contributed by atoms with Crippen LogP contribution >= 0.6 is 0 Å². The van der Waals surface area contributed by atoms with E-state index in [4.69, 9.17) is 0 Å². The van der Waals surface area contributed by atoms with Crippen LogP contribution in [0.5, 0.6) is 0 Å². The summed E-state index contributed by atoms with van der Waals surface area (Å²) in [5.41, 5.74) is 0.